The Hall–Kier alpha value is -1.29. The number of aromatic nitrogens is 3. The van der Waals surface area contributed by atoms with Crippen molar-refractivity contribution in [3.8, 4) is 11.4 Å². The molecule has 7 nitrogen and oxygen atoms in total. The second kappa shape index (κ2) is 6.22. The normalized spacial score (nSPS) is 11.8. The summed E-state index contributed by atoms with van der Waals surface area (Å²) >= 11 is 3.41. The van der Waals surface area contributed by atoms with Crippen LogP contribution in [0.1, 0.15) is 5.56 Å². The van der Waals surface area contributed by atoms with Crippen molar-refractivity contribution in [3.05, 3.63) is 28.2 Å². The maximum Gasteiger partial charge on any atom is 0.273 e. The summed E-state index contributed by atoms with van der Waals surface area (Å²) in [5.41, 5.74) is 1.76. The Morgan fingerprint density at radius 2 is 2.05 bits per heavy atom. The summed E-state index contributed by atoms with van der Waals surface area (Å²) < 4.78 is 30.5. The first-order valence-corrected chi connectivity index (χ1v) is 8.39. The van der Waals surface area contributed by atoms with Crippen molar-refractivity contribution in [2.45, 2.75) is 18.6 Å². The first kappa shape index (κ1) is 16.1. The molecule has 0 aliphatic carbocycles. The first-order chi connectivity index (χ1) is 9.82. The van der Waals surface area contributed by atoms with Crippen molar-refractivity contribution in [2.75, 3.05) is 13.7 Å². The third-order valence-corrected chi connectivity index (χ3v) is 4.06. The molecule has 0 spiro atoms. The van der Waals surface area contributed by atoms with Gasteiger partial charge in [0.15, 0.2) is 5.82 Å². The Balaban J connectivity index is 2.60. The van der Waals surface area contributed by atoms with E-state index in [1.54, 1.807) is 0 Å². The highest BCUT2D eigenvalue weighted by molar-refractivity contribution is 9.10. The summed E-state index contributed by atoms with van der Waals surface area (Å²) in [6.45, 7) is 2.54. The third kappa shape index (κ3) is 3.67. The van der Waals surface area contributed by atoms with E-state index in [1.807, 2.05) is 25.1 Å². The fourth-order valence-corrected chi connectivity index (χ4v) is 3.21. The molecule has 0 amide bonds. The highest BCUT2D eigenvalue weighted by atomic mass is 79.9. The standard InChI is InChI=1S/C12H15BrN4O3S/c1-8-5-9(7-10(13)6-8)11-15-16-12(21(14,18)19)17(11)3-4-20-2/h5-7H,3-4H2,1-2H3,(H2,14,18,19). The van der Waals surface area contributed by atoms with Crippen molar-refractivity contribution in [1.29, 1.82) is 0 Å². The molecule has 0 radical (unpaired) electrons. The fourth-order valence-electron chi connectivity index (χ4n) is 1.96. The van der Waals surface area contributed by atoms with Crippen molar-refractivity contribution < 1.29 is 13.2 Å². The average molecular weight is 375 g/mol. The summed E-state index contributed by atoms with van der Waals surface area (Å²) in [6.07, 6.45) is 0. The fraction of sp³-hybridized carbons (Fsp3) is 0.333. The van der Waals surface area contributed by atoms with Gasteiger partial charge in [-0.2, -0.15) is 0 Å². The minimum absolute atomic E-state index is 0.271. The van der Waals surface area contributed by atoms with Crippen LogP contribution < -0.4 is 5.14 Å². The Morgan fingerprint density at radius 3 is 2.62 bits per heavy atom. The number of ether oxygens (including phenoxy) is 1. The minimum Gasteiger partial charge on any atom is -0.383 e. The van der Waals surface area contributed by atoms with Crippen LogP contribution in [-0.2, 0) is 21.3 Å². The van der Waals surface area contributed by atoms with Crippen molar-refractivity contribution in [1.82, 2.24) is 14.8 Å². The molecule has 9 heteroatoms. The SMILES string of the molecule is COCCn1c(-c2cc(C)cc(Br)c2)nnc1S(N)(=O)=O. The molecule has 1 heterocycles. The van der Waals surface area contributed by atoms with Crippen LogP contribution in [0.5, 0.6) is 0 Å². The quantitative estimate of drug-likeness (QED) is 0.849. The van der Waals surface area contributed by atoms with Gasteiger partial charge in [0, 0.05) is 17.1 Å². The van der Waals surface area contributed by atoms with Crippen molar-refractivity contribution in [3.63, 3.8) is 0 Å². The van der Waals surface area contributed by atoms with E-state index in [0.29, 0.717) is 12.4 Å². The number of methoxy groups -OCH3 is 1. The zero-order valence-corrected chi connectivity index (χ0v) is 14.0. The molecule has 0 fully saturated rings. The number of nitrogens with two attached hydrogens (primary N) is 1. The lowest BCUT2D eigenvalue weighted by molar-refractivity contribution is 0.185. The van der Waals surface area contributed by atoms with Gasteiger partial charge in [-0.25, -0.2) is 13.6 Å². The molecule has 0 aliphatic rings. The molecule has 0 atom stereocenters. The Bertz CT molecular complexity index is 738. The number of sulfonamides is 1. The van der Waals surface area contributed by atoms with Gasteiger partial charge in [-0.05, 0) is 30.7 Å². The molecule has 21 heavy (non-hydrogen) atoms. The largest absolute Gasteiger partial charge is 0.383 e. The predicted molar refractivity (Wildman–Crippen MR) is 81.1 cm³/mol. The number of aryl methyl sites for hydroxylation is 1. The minimum atomic E-state index is -3.95. The average Bonchev–Trinajstić information content (AvgIpc) is 2.78. The summed E-state index contributed by atoms with van der Waals surface area (Å²) in [4.78, 5) is 0. The van der Waals surface area contributed by atoms with E-state index in [4.69, 9.17) is 9.88 Å². The highest BCUT2D eigenvalue weighted by Gasteiger charge is 2.22. The maximum absolute atomic E-state index is 11.6. The molecule has 0 unspecified atom stereocenters. The zero-order valence-electron chi connectivity index (χ0n) is 11.6. The third-order valence-electron chi connectivity index (χ3n) is 2.79. The van der Waals surface area contributed by atoms with Gasteiger partial charge in [-0.1, -0.05) is 15.9 Å². The van der Waals surface area contributed by atoms with Crippen LogP contribution in [0.15, 0.2) is 27.8 Å². The number of hydrogen-bond acceptors (Lipinski definition) is 5. The summed E-state index contributed by atoms with van der Waals surface area (Å²) in [6, 6.07) is 5.68. The zero-order chi connectivity index (χ0) is 15.6. The van der Waals surface area contributed by atoms with E-state index >= 15 is 0 Å². The Kier molecular flexibility index (Phi) is 4.77. The molecule has 2 rings (SSSR count). The molecular weight excluding hydrogens is 360 g/mol. The Labute approximate surface area is 131 Å². The second-order valence-electron chi connectivity index (χ2n) is 4.51. The summed E-state index contributed by atoms with van der Waals surface area (Å²) in [7, 11) is -2.42. The molecule has 2 N–H and O–H groups in total. The lowest BCUT2D eigenvalue weighted by Crippen LogP contribution is -2.20. The molecule has 1 aromatic carbocycles. The number of primary sulfonamides is 1. The molecule has 0 aliphatic heterocycles. The van der Waals surface area contributed by atoms with Crippen LogP contribution in [0.4, 0.5) is 0 Å². The van der Waals surface area contributed by atoms with E-state index in [9.17, 15) is 8.42 Å². The topological polar surface area (TPSA) is 100 Å². The summed E-state index contributed by atoms with van der Waals surface area (Å²) in [5.74, 6) is 0.431. The number of nitrogens with zero attached hydrogens (tertiary/aromatic N) is 3. The first-order valence-electron chi connectivity index (χ1n) is 6.05. The Morgan fingerprint density at radius 1 is 1.33 bits per heavy atom. The van der Waals surface area contributed by atoms with Gasteiger partial charge < -0.3 is 4.74 Å². The predicted octanol–water partition coefficient (Wildman–Crippen LogP) is 1.31. The van der Waals surface area contributed by atoms with Gasteiger partial charge in [-0.15, -0.1) is 10.2 Å². The van der Waals surface area contributed by atoms with Crippen LogP contribution in [0.25, 0.3) is 11.4 Å². The second-order valence-corrected chi connectivity index (χ2v) is 6.88. The summed E-state index contributed by atoms with van der Waals surface area (Å²) in [5, 5.41) is 12.6. The molecular formula is C12H15BrN4O3S. The molecule has 0 saturated carbocycles. The number of benzene rings is 1. The molecule has 1 aromatic heterocycles. The van der Waals surface area contributed by atoms with Crippen molar-refractivity contribution in [2.24, 2.45) is 5.14 Å². The highest BCUT2D eigenvalue weighted by Crippen LogP contribution is 2.25. The number of rotatable bonds is 5. The van der Waals surface area contributed by atoms with Gasteiger partial charge in [0.2, 0.25) is 0 Å². The molecule has 0 bridgehead atoms. The number of hydrogen-bond donors (Lipinski definition) is 1. The van der Waals surface area contributed by atoms with E-state index in [0.717, 1.165) is 15.6 Å². The maximum atomic E-state index is 11.6. The lowest BCUT2D eigenvalue weighted by Gasteiger charge is -2.09. The van der Waals surface area contributed by atoms with E-state index in [1.165, 1.54) is 11.7 Å². The molecule has 2 aromatic rings. The monoisotopic (exact) mass is 374 g/mol. The van der Waals surface area contributed by atoms with Crippen molar-refractivity contribution >= 4 is 26.0 Å². The van der Waals surface area contributed by atoms with Crippen LogP contribution in [0.2, 0.25) is 0 Å². The van der Waals surface area contributed by atoms with Crippen LogP contribution in [0.3, 0.4) is 0 Å². The van der Waals surface area contributed by atoms with Gasteiger partial charge >= 0.3 is 0 Å². The lowest BCUT2D eigenvalue weighted by atomic mass is 10.1. The van der Waals surface area contributed by atoms with Gasteiger partial charge in [0.25, 0.3) is 15.2 Å². The molecule has 0 saturated heterocycles. The number of halogens is 1. The van der Waals surface area contributed by atoms with Crippen LogP contribution >= 0.6 is 15.9 Å². The van der Waals surface area contributed by atoms with Crippen LogP contribution in [0, 0.1) is 6.92 Å². The van der Waals surface area contributed by atoms with Crippen LogP contribution in [-0.4, -0.2) is 36.9 Å². The van der Waals surface area contributed by atoms with Gasteiger partial charge in [0.1, 0.15) is 0 Å². The van der Waals surface area contributed by atoms with Gasteiger partial charge in [0.05, 0.1) is 13.2 Å². The van der Waals surface area contributed by atoms with E-state index in [-0.39, 0.29) is 11.7 Å². The van der Waals surface area contributed by atoms with E-state index < -0.39 is 10.0 Å². The molecule has 114 valence electrons. The van der Waals surface area contributed by atoms with Gasteiger partial charge in [-0.3, -0.25) is 4.57 Å². The smallest absolute Gasteiger partial charge is 0.273 e. The van der Waals surface area contributed by atoms with E-state index in [2.05, 4.69) is 26.1 Å².